The fourth-order valence-electron chi connectivity index (χ4n) is 3.26. The van der Waals surface area contributed by atoms with Crippen LogP contribution in [0.1, 0.15) is 37.7 Å². The second-order valence-electron chi connectivity index (χ2n) is 7.07. The monoisotopic (exact) mass is 399 g/mol. The van der Waals surface area contributed by atoms with Gasteiger partial charge in [0.15, 0.2) is 0 Å². The van der Waals surface area contributed by atoms with Gasteiger partial charge in [-0.1, -0.05) is 67.2 Å². The molecule has 2 rings (SSSR count). The van der Waals surface area contributed by atoms with Crippen LogP contribution < -0.4 is 0 Å². The van der Waals surface area contributed by atoms with Crippen molar-refractivity contribution in [2.24, 2.45) is 0 Å². The Morgan fingerprint density at radius 2 is 2.03 bits per heavy atom. The van der Waals surface area contributed by atoms with Crippen LogP contribution >= 0.6 is 0 Å². The topological polar surface area (TPSA) is 87.1 Å². The van der Waals surface area contributed by atoms with Gasteiger partial charge >= 0.3 is 5.97 Å². The van der Waals surface area contributed by atoms with Crippen LogP contribution in [0.5, 0.6) is 0 Å². The van der Waals surface area contributed by atoms with Crippen LogP contribution in [0.3, 0.4) is 0 Å². The maximum absolute atomic E-state index is 12.6. The normalized spacial score (nSPS) is 18.6. The lowest BCUT2D eigenvalue weighted by Crippen LogP contribution is -2.40. The van der Waals surface area contributed by atoms with Crippen LogP contribution in [0.4, 0.5) is 0 Å². The Labute approximate surface area is 172 Å². The van der Waals surface area contributed by atoms with Crippen LogP contribution in [-0.4, -0.2) is 58.9 Å². The summed E-state index contributed by atoms with van der Waals surface area (Å²) in [6.45, 7) is -0.105. The van der Waals surface area contributed by atoms with Gasteiger partial charge in [0.1, 0.15) is 13.2 Å². The molecule has 1 amide bonds. The number of benzene rings is 1. The molecule has 29 heavy (non-hydrogen) atoms. The van der Waals surface area contributed by atoms with E-state index in [1.165, 1.54) is 0 Å². The Balaban J connectivity index is 1.97. The van der Waals surface area contributed by atoms with Crippen molar-refractivity contribution in [2.75, 3.05) is 19.8 Å². The first-order valence-electron chi connectivity index (χ1n) is 10.0. The van der Waals surface area contributed by atoms with E-state index >= 15 is 0 Å². The summed E-state index contributed by atoms with van der Waals surface area (Å²) < 4.78 is 4.89. The van der Waals surface area contributed by atoms with Crippen LogP contribution in [-0.2, 0) is 20.7 Å². The number of hydrogen-bond donors (Lipinski definition) is 2. The molecule has 0 saturated carbocycles. The number of aliphatic carboxylic acids is 1. The molecule has 6 heteroatoms. The molecule has 6 nitrogen and oxygen atoms in total. The van der Waals surface area contributed by atoms with E-state index in [2.05, 4.69) is 11.8 Å². The predicted molar refractivity (Wildman–Crippen MR) is 110 cm³/mol. The van der Waals surface area contributed by atoms with Gasteiger partial charge in [0.2, 0.25) is 5.91 Å². The first-order valence-corrected chi connectivity index (χ1v) is 10.0. The van der Waals surface area contributed by atoms with E-state index in [4.69, 9.17) is 9.84 Å². The number of amides is 1. The highest BCUT2D eigenvalue weighted by Gasteiger charge is 2.22. The predicted octanol–water partition coefficient (Wildman–Crippen LogP) is 2.41. The van der Waals surface area contributed by atoms with Gasteiger partial charge in [-0.05, 0) is 18.4 Å². The molecule has 0 aliphatic carbocycles. The molecule has 1 aromatic rings. The van der Waals surface area contributed by atoms with Crippen molar-refractivity contribution in [1.82, 2.24) is 4.90 Å². The number of aliphatic hydroxyl groups excluding tert-OH is 1. The fraction of sp³-hybridized carbons (Fsp3) is 0.478. The number of ether oxygens (including phenoxy) is 1. The number of carboxylic acids is 1. The molecule has 0 aromatic heterocycles. The number of nitrogens with zero attached hydrogens (tertiary/aromatic N) is 1. The second-order valence-corrected chi connectivity index (χ2v) is 7.07. The SMILES string of the molecule is O=C(O)COCC#CCN1C(=O)CCCCC[C@@H]1/C=C/C(O)Cc1ccccc1. The lowest BCUT2D eigenvalue weighted by atomic mass is 10.00. The Kier molecular flexibility index (Phi) is 9.98. The first kappa shape index (κ1) is 22.7. The Hall–Kier alpha value is -2.62. The van der Waals surface area contributed by atoms with Crippen LogP contribution in [0.15, 0.2) is 42.5 Å². The summed E-state index contributed by atoms with van der Waals surface area (Å²) in [6, 6.07) is 9.68. The zero-order valence-corrected chi connectivity index (χ0v) is 16.6. The molecular formula is C23H29NO5. The van der Waals surface area contributed by atoms with Gasteiger partial charge in [-0.25, -0.2) is 4.79 Å². The number of carbonyl (C=O) groups is 2. The molecule has 1 aliphatic heterocycles. The number of carbonyl (C=O) groups excluding carboxylic acids is 1. The summed E-state index contributed by atoms with van der Waals surface area (Å²) in [5, 5.41) is 18.9. The largest absolute Gasteiger partial charge is 0.480 e. The van der Waals surface area contributed by atoms with Crippen molar-refractivity contribution in [2.45, 2.75) is 50.7 Å². The third-order valence-corrected chi connectivity index (χ3v) is 4.73. The average molecular weight is 399 g/mol. The molecule has 1 aromatic carbocycles. The van der Waals surface area contributed by atoms with Crippen molar-refractivity contribution in [3.05, 3.63) is 48.0 Å². The average Bonchev–Trinajstić information content (AvgIpc) is 2.69. The van der Waals surface area contributed by atoms with Crippen LogP contribution in [0.25, 0.3) is 0 Å². The van der Waals surface area contributed by atoms with Gasteiger partial charge in [0.25, 0.3) is 0 Å². The lowest BCUT2D eigenvalue weighted by molar-refractivity contribution is -0.141. The summed E-state index contributed by atoms with van der Waals surface area (Å²) in [6.07, 6.45) is 7.83. The Morgan fingerprint density at radius 3 is 2.79 bits per heavy atom. The molecule has 2 atom stereocenters. The number of likely N-dealkylation sites (tertiary alicyclic amines) is 1. The third kappa shape index (κ3) is 8.95. The highest BCUT2D eigenvalue weighted by atomic mass is 16.5. The van der Waals surface area contributed by atoms with E-state index < -0.39 is 12.1 Å². The molecule has 1 heterocycles. The minimum Gasteiger partial charge on any atom is -0.480 e. The summed E-state index contributed by atoms with van der Waals surface area (Å²) in [7, 11) is 0. The van der Waals surface area contributed by atoms with Crippen molar-refractivity contribution < 1.29 is 24.5 Å². The van der Waals surface area contributed by atoms with Gasteiger partial charge < -0.3 is 19.8 Å². The molecule has 1 unspecified atom stereocenters. The minimum absolute atomic E-state index is 0.0185. The van der Waals surface area contributed by atoms with Crippen LogP contribution in [0, 0.1) is 11.8 Å². The molecular weight excluding hydrogens is 370 g/mol. The van der Waals surface area contributed by atoms with E-state index in [-0.39, 0.29) is 31.7 Å². The van der Waals surface area contributed by atoms with Crippen molar-refractivity contribution in [3.8, 4) is 11.8 Å². The van der Waals surface area contributed by atoms with Gasteiger partial charge in [-0.3, -0.25) is 4.79 Å². The van der Waals surface area contributed by atoms with Gasteiger partial charge in [-0.2, -0.15) is 0 Å². The van der Waals surface area contributed by atoms with Crippen molar-refractivity contribution >= 4 is 11.9 Å². The molecule has 0 radical (unpaired) electrons. The number of aliphatic hydroxyl groups is 1. The standard InChI is InChI=1S/C23H29NO5/c25-21(17-19-9-3-1-4-10-19)14-13-20-11-5-2-6-12-22(26)24(20)15-7-8-16-29-18-23(27)28/h1,3-4,9-10,13-14,20-21,25H,2,5-6,11-12,15-18H2,(H,27,28)/b14-13+/t20-,21?/m1/s1. The van der Waals surface area contributed by atoms with E-state index in [1.54, 1.807) is 11.0 Å². The van der Waals surface area contributed by atoms with Crippen LogP contribution in [0.2, 0.25) is 0 Å². The summed E-state index contributed by atoms with van der Waals surface area (Å²) >= 11 is 0. The van der Waals surface area contributed by atoms with Gasteiger partial charge in [-0.15, -0.1) is 0 Å². The maximum atomic E-state index is 12.6. The molecule has 1 fully saturated rings. The number of rotatable bonds is 8. The minimum atomic E-state index is -1.04. The lowest BCUT2D eigenvalue weighted by Gasteiger charge is -2.30. The van der Waals surface area contributed by atoms with Crippen molar-refractivity contribution in [3.63, 3.8) is 0 Å². The smallest absolute Gasteiger partial charge is 0.329 e. The van der Waals surface area contributed by atoms with E-state index in [1.807, 2.05) is 36.4 Å². The molecule has 156 valence electrons. The summed E-state index contributed by atoms with van der Waals surface area (Å²) in [4.78, 5) is 24.7. The molecule has 0 bridgehead atoms. The zero-order valence-electron chi connectivity index (χ0n) is 16.6. The third-order valence-electron chi connectivity index (χ3n) is 4.73. The highest BCUT2D eigenvalue weighted by Crippen LogP contribution is 2.19. The Morgan fingerprint density at radius 1 is 1.24 bits per heavy atom. The van der Waals surface area contributed by atoms with E-state index in [9.17, 15) is 14.7 Å². The molecule has 1 saturated heterocycles. The Bertz CT molecular complexity index is 735. The molecule has 1 aliphatic rings. The van der Waals surface area contributed by atoms with Gasteiger partial charge in [0.05, 0.1) is 18.7 Å². The zero-order chi connectivity index (χ0) is 20.9. The maximum Gasteiger partial charge on any atom is 0.329 e. The van der Waals surface area contributed by atoms with Gasteiger partial charge in [0, 0.05) is 12.8 Å². The number of carboxylic acid groups (broad SMARTS) is 1. The fourth-order valence-corrected chi connectivity index (χ4v) is 3.26. The van der Waals surface area contributed by atoms with E-state index in [0.29, 0.717) is 12.8 Å². The second kappa shape index (κ2) is 12.8. The van der Waals surface area contributed by atoms with Crippen molar-refractivity contribution in [1.29, 1.82) is 0 Å². The molecule has 2 N–H and O–H groups in total. The summed E-state index contributed by atoms with van der Waals surface area (Å²) in [5.74, 6) is 4.68. The van der Waals surface area contributed by atoms with E-state index in [0.717, 1.165) is 31.2 Å². The molecule has 0 spiro atoms. The highest BCUT2D eigenvalue weighted by molar-refractivity contribution is 5.77. The quantitative estimate of drug-likeness (QED) is 0.398. The summed E-state index contributed by atoms with van der Waals surface area (Å²) in [5.41, 5.74) is 1.06. The number of hydrogen-bond acceptors (Lipinski definition) is 4. The first-order chi connectivity index (χ1) is 14.1.